The molecule has 92 valence electrons. The van der Waals surface area contributed by atoms with Crippen molar-refractivity contribution in [3.8, 4) is 0 Å². The Hall–Kier alpha value is 0.540. The Bertz CT molecular complexity index is 123. The minimum Gasteiger partial charge on any atom is -0.390 e. The molecule has 0 heterocycles. The summed E-state index contributed by atoms with van der Waals surface area (Å²) in [6, 6.07) is 0. The summed E-state index contributed by atoms with van der Waals surface area (Å²) in [6.07, 6.45) is 2.97. The average Bonchev–Trinajstić information content (AvgIpc) is 2.18. The van der Waals surface area contributed by atoms with Gasteiger partial charge in [-0.3, -0.25) is 0 Å². The molecule has 0 rings (SSSR count). The molecule has 4 nitrogen and oxygen atoms in total. The summed E-state index contributed by atoms with van der Waals surface area (Å²) in [5, 5.41) is 18.6. The van der Waals surface area contributed by atoms with Gasteiger partial charge >= 0.3 is 0 Å². The molecule has 2 N–H and O–H groups in total. The first-order chi connectivity index (χ1) is 7.20. The van der Waals surface area contributed by atoms with Crippen LogP contribution in [0.2, 0.25) is 0 Å². The topological polar surface area (TPSA) is 58.9 Å². The van der Waals surface area contributed by atoms with E-state index in [1.54, 1.807) is 23.5 Å². The van der Waals surface area contributed by atoms with Crippen molar-refractivity contribution in [1.82, 2.24) is 0 Å². The van der Waals surface area contributed by atoms with Crippen LogP contribution in [-0.4, -0.2) is 66.4 Å². The van der Waals surface area contributed by atoms with Gasteiger partial charge in [0.2, 0.25) is 0 Å². The molecule has 15 heavy (non-hydrogen) atoms. The lowest BCUT2D eigenvalue weighted by atomic mass is 10.4. The summed E-state index contributed by atoms with van der Waals surface area (Å²) >= 11 is 3.14. The number of hydrogen-bond donors (Lipinski definition) is 2. The molecule has 0 spiro atoms. The highest BCUT2D eigenvalue weighted by molar-refractivity contribution is 7.98. The van der Waals surface area contributed by atoms with Crippen molar-refractivity contribution in [2.24, 2.45) is 0 Å². The molecule has 0 bridgehead atoms. The molecule has 0 aliphatic heterocycles. The van der Waals surface area contributed by atoms with Crippen molar-refractivity contribution < 1.29 is 19.7 Å². The van der Waals surface area contributed by atoms with Gasteiger partial charge in [-0.15, -0.1) is 0 Å². The van der Waals surface area contributed by atoms with E-state index < -0.39 is 12.2 Å². The highest BCUT2D eigenvalue weighted by Crippen LogP contribution is 1.99. The van der Waals surface area contributed by atoms with Crippen LogP contribution in [0, 0.1) is 0 Å². The minimum atomic E-state index is -0.445. The maximum absolute atomic E-state index is 9.29. The van der Waals surface area contributed by atoms with E-state index in [9.17, 15) is 10.2 Å². The fourth-order valence-corrected chi connectivity index (χ4v) is 1.87. The van der Waals surface area contributed by atoms with Crippen LogP contribution in [0.25, 0.3) is 0 Å². The van der Waals surface area contributed by atoms with E-state index in [1.807, 2.05) is 12.5 Å². The fraction of sp³-hybridized carbons (Fsp3) is 1.00. The van der Waals surface area contributed by atoms with Crippen molar-refractivity contribution in [3.63, 3.8) is 0 Å². The van der Waals surface area contributed by atoms with Crippen molar-refractivity contribution >= 4 is 23.5 Å². The molecule has 0 amide bonds. The summed E-state index contributed by atoms with van der Waals surface area (Å²) in [6.45, 7) is 0.676. The highest BCUT2D eigenvalue weighted by Gasteiger charge is 2.04. The van der Waals surface area contributed by atoms with Gasteiger partial charge in [0.25, 0.3) is 0 Å². The molecule has 0 aliphatic carbocycles. The maximum atomic E-state index is 9.29. The minimum absolute atomic E-state index is 0.122. The summed E-state index contributed by atoms with van der Waals surface area (Å²) in [5.41, 5.74) is 0. The SMILES string of the molecule is CSCC(O)COCOCC(O)CSC. The fourth-order valence-electron chi connectivity index (χ4n) is 0.908. The first-order valence-electron chi connectivity index (χ1n) is 4.70. The first-order valence-corrected chi connectivity index (χ1v) is 7.49. The summed E-state index contributed by atoms with van der Waals surface area (Å²) in [5.74, 6) is 1.32. The van der Waals surface area contributed by atoms with Crippen LogP contribution in [-0.2, 0) is 9.47 Å². The zero-order chi connectivity index (χ0) is 11.5. The van der Waals surface area contributed by atoms with E-state index >= 15 is 0 Å². The van der Waals surface area contributed by atoms with Gasteiger partial charge in [0.15, 0.2) is 0 Å². The quantitative estimate of drug-likeness (QED) is 0.436. The summed E-state index contributed by atoms with van der Waals surface area (Å²) < 4.78 is 10.1. The van der Waals surface area contributed by atoms with Crippen molar-refractivity contribution in [1.29, 1.82) is 0 Å². The molecule has 0 saturated carbocycles. The number of thioether (sulfide) groups is 2. The van der Waals surface area contributed by atoms with Gasteiger partial charge in [-0.2, -0.15) is 23.5 Å². The van der Waals surface area contributed by atoms with Crippen molar-refractivity contribution in [3.05, 3.63) is 0 Å². The number of ether oxygens (including phenoxy) is 2. The van der Waals surface area contributed by atoms with E-state index in [0.29, 0.717) is 11.5 Å². The smallest absolute Gasteiger partial charge is 0.146 e. The van der Waals surface area contributed by atoms with Gasteiger partial charge < -0.3 is 19.7 Å². The van der Waals surface area contributed by atoms with Gasteiger partial charge in [-0.05, 0) is 12.5 Å². The van der Waals surface area contributed by atoms with E-state index in [1.165, 1.54) is 0 Å². The third kappa shape index (κ3) is 10.8. The van der Waals surface area contributed by atoms with Crippen molar-refractivity contribution in [2.45, 2.75) is 12.2 Å². The Morgan fingerprint density at radius 3 is 1.67 bits per heavy atom. The molecule has 2 atom stereocenters. The van der Waals surface area contributed by atoms with E-state index in [-0.39, 0.29) is 20.0 Å². The van der Waals surface area contributed by atoms with E-state index in [0.717, 1.165) is 0 Å². The van der Waals surface area contributed by atoms with Gasteiger partial charge in [-0.25, -0.2) is 0 Å². The van der Waals surface area contributed by atoms with E-state index in [2.05, 4.69) is 0 Å². The standard InChI is InChI=1S/C9H20O4S2/c1-14-5-8(10)3-12-7-13-4-9(11)6-15-2/h8-11H,3-7H2,1-2H3. The molecule has 0 radical (unpaired) electrons. The largest absolute Gasteiger partial charge is 0.390 e. The second-order valence-corrected chi connectivity index (χ2v) is 4.90. The van der Waals surface area contributed by atoms with Gasteiger partial charge in [0, 0.05) is 11.5 Å². The molecule has 6 heteroatoms. The highest BCUT2D eigenvalue weighted by atomic mass is 32.2. The molecule has 0 saturated heterocycles. The van der Waals surface area contributed by atoms with Gasteiger partial charge in [-0.1, -0.05) is 0 Å². The van der Waals surface area contributed by atoms with Crippen molar-refractivity contribution in [2.75, 3.05) is 44.0 Å². The third-order valence-corrected chi connectivity index (χ3v) is 2.94. The van der Waals surface area contributed by atoms with Gasteiger partial charge in [0.1, 0.15) is 6.79 Å². The Morgan fingerprint density at radius 1 is 0.933 bits per heavy atom. The number of aliphatic hydroxyl groups excluding tert-OH is 2. The number of hydrogen-bond acceptors (Lipinski definition) is 6. The maximum Gasteiger partial charge on any atom is 0.146 e. The Morgan fingerprint density at radius 2 is 1.33 bits per heavy atom. The van der Waals surface area contributed by atoms with Crippen LogP contribution in [0.1, 0.15) is 0 Å². The number of rotatable bonds is 10. The van der Waals surface area contributed by atoms with Gasteiger partial charge in [0.05, 0.1) is 25.4 Å². The lowest BCUT2D eigenvalue weighted by molar-refractivity contribution is -0.0911. The molecular formula is C9H20O4S2. The zero-order valence-corrected chi connectivity index (χ0v) is 10.9. The Balaban J connectivity index is 3.17. The Labute approximate surface area is 99.7 Å². The third-order valence-electron chi connectivity index (χ3n) is 1.51. The molecule has 2 unspecified atom stereocenters. The second-order valence-electron chi connectivity index (χ2n) is 3.08. The number of aliphatic hydroxyl groups is 2. The lowest BCUT2D eigenvalue weighted by Crippen LogP contribution is -2.22. The van der Waals surface area contributed by atoms with Crippen LogP contribution in [0.5, 0.6) is 0 Å². The molecule has 0 aromatic carbocycles. The average molecular weight is 256 g/mol. The first kappa shape index (κ1) is 15.5. The van der Waals surface area contributed by atoms with Crippen LogP contribution < -0.4 is 0 Å². The normalized spacial score (nSPS) is 15.2. The van der Waals surface area contributed by atoms with Crippen LogP contribution >= 0.6 is 23.5 Å². The Kier molecular flexibility index (Phi) is 11.4. The predicted octanol–water partition coefficient (Wildman–Crippen LogP) is 0.425. The lowest BCUT2D eigenvalue weighted by Gasteiger charge is -2.12. The molecule has 0 aromatic rings. The summed E-state index contributed by atoms with van der Waals surface area (Å²) in [7, 11) is 0. The monoisotopic (exact) mass is 256 g/mol. The zero-order valence-electron chi connectivity index (χ0n) is 9.22. The summed E-state index contributed by atoms with van der Waals surface area (Å²) in [4.78, 5) is 0. The van der Waals surface area contributed by atoms with Crippen LogP contribution in [0.15, 0.2) is 0 Å². The molecule has 0 aliphatic rings. The van der Waals surface area contributed by atoms with Crippen LogP contribution in [0.3, 0.4) is 0 Å². The van der Waals surface area contributed by atoms with E-state index in [4.69, 9.17) is 9.47 Å². The molecular weight excluding hydrogens is 236 g/mol. The molecule has 0 aromatic heterocycles. The predicted molar refractivity (Wildman–Crippen MR) is 65.5 cm³/mol. The second kappa shape index (κ2) is 11.0. The molecule has 0 fully saturated rings. The van der Waals surface area contributed by atoms with Crippen LogP contribution in [0.4, 0.5) is 0 Å².